The summed E-state index contributed by atoms with van der Waals surface area (Å²) in [5.41, 5.74) is 4.11. The predicted molar refractivity (Wildman–Crippen MR) is 117 cm³/mol. The second kappa shape index (κ2) is 8.48. The Morgan fingerprint density at radius 3 is 2.43 bits per heavy atom. The average molecular weight is 399 g/mol. The molecule has 7 heteroatoms. The van der Waals surface area contributed by atoms with Crippen LogP contribution < -0.4 is 10.9 Å². The molecule has 7 nitrogen and oxygen atoms in total. The molecule has 1 amide bonds. The first-order valence-corrected chi connectivity index (χ1v) is 9.53. The van der Waals surface area contributed by atoms with Gasteiger partial charge in [-0.3, -0.25) is 19.4 Å². The number of aryl methyl sites for hydroxylation is 1. The van der Waals surface area contributed by atoms with Crippen molar-refractivity contribution in [2.45, 2.75) is 13.5 Å². The molecule has 0 unspecified atom stereocenters. The number of H-pyrrole nitrogens is 2. The maximum Gasteiger partial charge on any atom is 0.287 e. The van der Waals surface area contributed by atoms with Crippen LogP contribution in [0.4, 0.5) is 5.69 Å². The van der Waals surface area contributed by atoms with Crippen LogP contribution in [-0.4, -0.2) is 25.9 Å². The average Bonchev–Trinajstić information content (AvgIpc) is 3.31. The van der Waals surface area contributed by atoms with Crippen molar-refractivity contribution in [1.82, 2.24) is 20.0 Å². The van der Waals surface area contributed by atoms with Gasteiger partial charge in [0.1, 0.15) is 5.69 Å². The highest BCUT2D eigenvalue weighted by atomic mass is 16.2. The van der Waals surface area contributed by atoms with Crippen LogP contribution in [0.2, 0.25) is 0 Å². The van der Waals surface area contributed by atoms with E-state index in [-0.39, 0.29) is 11.2 Å². The molecule has 0 fully saturated rings. The number of benzene rings is 2. The fraction of sp³-hybridized carbons (Fsp3) is 0.0870. The van der Waals surface area contributed by atoms with E-state index in [9.17, 15) is 9.59 Å². The van der Waals surface area contributed by atoms with Gasteiger partial charge in [-0.25, -0.2) is 0 Å². The summed E-state index contributed by atoms with van der Waals surface area (Å²) in [5, 5.41) is 12.5. The fourth-order valence-corrected chi connectivity index (χ4v) is 3.16. The number of hydrogen-bond acceptors (Lipinski definition) is 3. The van der Waals surface area contributed by atoms with Gasteiger partial charge in [-0.15, -0.1) is 0 Å². The van der Waals surface area contributed by atoms with Crippen LogP contribution in [0.3, 0.4) is 0 Å². The number of rotatable bonds is 6. The third kappa shape index (κ3) is 4.30. The standard InChI is InChI=1S/C23H21N5O2/c1-16-21(23(30)26-25-16)24-20(29)13-12-19-15-28(14-17-8-4-2-5-9-17)27-22(19)18-10-6-3-7-11-18/h2-13,15H,14H2,1H3,(H,24,29)(H2,25,26,30)/b13-12+. The summed E-state index contributed by atoms with van der Waals surface area (Å²) in [7, 11) is 0. The van der Waals surface area contributed by atoms with Gasteiger partial charge < -0.3 is 10.4 Å². The molecule has 4 rings (SSSR count). The number of aromatic amines is 2. The van der Waals surface area contributed by atoms with E-state index in [1.807, 2.05) is 71.5 Å². The minimum atomic E-state index is -0.391. The first-order chi connectivity index (χ1) is 14.6. The van der Waals surface area contributed by atoms with E-state index in [0.29, 0.717) is 12.2 Å². The number of aromatic nitrogens is 4. The molecule has 0 saturated carbocycles. The predicted octanol–water partition coefficient (Wildman–Crippen LogP) is 3.58. The summed E-state index contributed by atoms with van der Waals surface area (Å²) in [4.78, 5) is 24.1. The Kier molecular flexibility index (Phi) is 5.43. The molecule has 0 aliphatic carbocycles. The van der Waals surface area contributed by atoms with Gasteiger partial charge in [-0.1, -0.05) is 60.7 Å². The minimum Gasteiger partial charge on any atom is -0.316 e. The fourth-order valence-electron chi connectivity index (χ4n) is 3.16. The van der Waals surface area contributed by atoms with E-state index in [1.165, 1.54) is 6.08 Å². The smallest absolute Gasteiger partial charge is 0.287 e. The van der Waals surface area contributed by atoms with Crippen LogP contribution in [0.25, 0.3) is 17.3 Å². The molecule has 0 atom stereocenters. The molecule has 0 saturated heterocycles. The Morgan fingerprint density at radius 1 is 1.07 bits per heavy atom. The van der Waals surface area contributed by atoms with Crippen LogP contribution in [0.1, 0.15) is 16.8 Å². The summed E-state index contributed by atoms with van der Waals surface area (Å²) in [6.45, 7) is 2.33. The minimum absolute atomic E-state index is 0.215. The van der Waals surface area contributed by atoms with Gasteiger partial charge in [-0.05, 0) is 18.6 Å². The van der Waals surface area contributed by atoms with Crippen LogP contribution in [0.15, 0.2) is 77.7 Å². The van der Waals surface area contributed by atoms with Gasteiger partial charge in [0.15, 0.2) is 0 Å². The highest BCUT2D eigenvalue weighted by Gasteiger charge is 2.11. The first-order valence-electron chi connectivity index (χ1n) is 9.53. The van der Waals surface area contributed by atoms with Crippen LogP contribution in [0.5, 0.6) is 0 Å². The normalized spacial score (nSPS) is 11.1. The molecule has 3 N–H and O–H groups in total. The van der Waals surface area contributed by atoms with Gasteiger partial charge in [-0.2, -0.15) is 5.10 Å². The zero-order chi connectivity index (χ0) is 20.9. The third-order valence-corrected chi connectivity index (χ3v) is 4.65. The molecule has 0 radical (unpaired) electrons. The number of carbonyl (C=O) groups is 1. The van der Waals surface area contributed by atoms with Crippen molar-refractivity contribution in [3.8, 4) is 11.3 Å². The molecular weight excluding hydrogens is 378 g/mol. The Morgan fingerprint density at radius 2 is 1.77 bits per heavy atom. The van der Waals surface area contributed by atoms with Gasteiger partial charge in [0.2, 0.25) is 5.91 Å². The molecular formula is C23H21N5O2. The Labute approximate surface area is 173 Å². The Hall–Kier alpha value is -4.13. The number of nitrogens with zero attached hydrogens (tertiary/aromatic N) is 2. The topological polar surface area (TPSA) is 95.6 Å². The number of carbonyl (C=O) groups excluding carboxylic acids is 1. The van der Waals surface area contributed by atoms with E-state index >= 15 is 0 Å². The second-order valence-corrected chi connectivity index (χ2v) is 6.88. The largest absolute Gasteiger partial charge is 0.316 e. The van der Waals surface area contributed by atoms with Crippen molar-refractivity contribution in [1.29, 1.82) is 0 Å². The number of hydrogen-bond donors (Lipinski definition) is 3. The van der Waals surface area contributed by atoms with E-state index in [1.54, 1.807) is 13.0 Å². The second-order valence-electron chi connectivity index (χ2n) is 6.88. The van der Waals surface area contributed by atoms with Crippen molar-refractivity contribution in [3.63, 3.8) is 0 Å². The highest BCUT2D eigenvalue weighted by molar-refractivity contribution is 6.02. The van der Waals surface area contributed by atoms with Crippen molar-refractivity contribution in [2.75, 3.05) is 5.32 Å². The number of nitrogens with one attached hydrogen (secondary N) is 3. The molecule has 4 aromatic rings. The van der Waals surface area contributed by atoms with Gasteiger partial charge >= 0.3 is 0 Å². The summed E-state index contributed by atoms with van der Waals surface area (Å²) >= 11 is 0. The van der Waals surface area contributed by atoms with E-state index in [2.05, 4.69) is 15.5 Å². The van der Waals surface area contributed by atoms with E-state index in [4.69, 9.17) is 5.10 Å². The maximum absolute atomic E-state index is 12.3. The summed E-state index contributed by atoms with van der Waals surface area (Å²) in [6.07, 6.45) is 5.03. The van der Waals surface area contributed by atoms with Crippen LogP contribution >= 0.6 is 0 Å². The quantitative estimate of drug-likeness (QED) is 0.433. The van der Waals surface area contributed by atoms with Crippen molar-refractivity contribution < 1.29 is 4.79 Å². The molecule has 150 valence electrons. The summed E-state index contributed by atoms with van der Waals surface area (Å²) in [5.74, 6) is -0.391. The lowest BCUT2D eigenvalue weighted by Crippen LogP contribution is -2.15. The van der Waals surface area contributed by atoms with Gasteiger partial charge in [0, 0.05) is 23.4 Å². The van der Waals surface area contributed by atoms with Crippen LogP contribution in [-0.2, 0) is 11.3 Å². The first kappa shape index (κ1) is 19.2. The van der Waals surface area contributed by atoms with Crippen molar-refractivity contribution in [3.05, 3.63) is 100 Å². The monoisotopic (exact) mass is 399 g/mol. The molecule has 0 spiro atoms. The lowest BCUT2D eigenvalue weighted by Gasteiger charge is -2.01. The van der Waals surface area contributed by atoms with E-state index in [0.717, 1.165) is 22.4 Å². The molecule has 0 aliphatic heterocycles. The Bertz CT molecular complexity index is 1230. The highest BCUT2D eigenvalue weighted by Crippen LogP contribution is 2.23. The van der Waals surface area contributed by atoms with Crippen LogP contribution in [0, 0.1) is 6.92 Å². The zero-order valence-corrected chi connectivity index (χ0v) is 16.4. The van der Waals surface area contributed by atoms with E-state index < -0.39 is 5.91 Å². The molecule has 30 heavy (non-hydrogen) atoms. The molecule has 0 bridgehead atoms. The van der Waals surface area contributed by atoms with Crippen molar-refractivity contribution in [2.24, 2.45) is 0 Å². The Balaban J connectivity index is 1.61. The summed E-state index contributed by atoms with van der Waals surface area (Å²) in [6, 6.07) is 19.9. The molecule has 2 aromatic carbocycles. The lowest BCUT2D eigenvalue weighted by molar-refractivity contribution is -0.111. The molecule has 2 aromatic heterocycles. The van der Waals surface area contributed by atoms with Crippen molar-refractivity contribution >= 4 is 17.7 Å². The van der Waals surface area contributed by atoms with Gasteiger partial charge in [0.25, 0.3) is 5.56 Å². The van der Waals surface area contributed by atoms with Gasteiger partial charge in [0.05, 0.1) is 17.9 Å². The number of anilines is 1. The summed E-state index contributed by atoms with van der Waals surface area (Å²) < 4.78 is 1.86. The third-order valence-electron chi connectivity index (χ3n) is 4.65. The maximum atomic E-state index is 12.3. The zero-order valence-electron chi connectivity index (χ0n) is 16.4. The SMILES string of the molecule is Cc1[nH][nH]c(=O)c1NC(=O)/C=C/c1cn(Cc2ccccc2)nc1-c1ccccc1. The lowest BCUT2D eigenvalue weighted by atomic mass is 10.1. The molecule has 0 aliphatic rings. The number of amides is 1. The molecule has 2 heterocycles.